The molecule has 3 aliphatic rings. The SMILES string of the molecule is COCc1ccc2c(c1)CCN(C(=O)[C@H]1C[C@@H](CC(=O)OC(C)(C)C)C1)[C@H]2C(=O)Nc1cc(F)c2c(c1)CCC2(C)C. The van der Waals surface area contributed by atoms with E-state index in [1.165, 1.54) is 6.07 Å². The molecule has 0 bridgehead atoms. The maximum absolute atomic E-state index is 15.2. The van der Waals surface area contributed by atoms with Crippen LogP contribution < -0.4 is 5.32 Å². The third-order valence-electron chi connectivity index (χ3n) is 8.87. The van der Waals surface area contributed by atoms with Crippen LogP contribution in [0.25, 0.3) is 0 Å². The van der Waals surface area contributed by atoms with Gasteiger partial charge in [0.2, 0.25) is 5.91 Å². The van der Waals surface area contributed by atoms with Crippen molar-refractivity contribution in [1.29, 1.82) is 0 Å². The van der Waals surface area contributed by atoms with Crippen molar-refractivity contribution in [2.24, 2.45) is 11.8 Å². The van der Waals surface area contributed by atoms with Crippen LogP contribution in [-0.4, -0.2) is 41.9 Å². The van der Waals surface area contributed by atoms with Gasteiger partial charge < -0.3 is 19.7 Å². The van der Waals surface area contributed by atoms with Crippen LogP contribution in [0.2, 0.25) is 0 Å². The number of benzene rings is 2. The van der Waals surface area contributed by atoms with Crippen LogP contribution >= 0.6 is 0 Å². The first-order chi connectivity index (χ1) is 19.8. The molecule has 8 heteroatoms. The number of carbonyl (C=O) groups excluding carboxylic acids is 3. The van der Waals surface area contributed by atoms with E-state index in [1.54, 1.807) is 12.0 Å². The lowest BCUT2D eigenvalue weighted by Gasteiger charge is -2.42. The summed E-state index contributed by atoms with van der Waals surface area (Å²) in [6, 6.07) is 8.30. The quantitative estimate of drug-likeness (QED) is 0.407. The molecular formula is C34H43FN2O5. The molecule has 42 heavy (non-hydrogen) atoms. The van der Waals surface area contributed by atoms with Gasteiger partial charge >= 0.3 is 5.97 Å². The number of nitrogens with one attached hydrogen (secondary N) is 1. The van der Waals surface area contributed by atoms with Gasteiger partial charge in [-0.1, -0.05) is 32.0 Å². The summed E-state index contributed by atoms with van der Waals surface area (Å²) in [5.41, 5.74) is 4.05. The molecule has 0 radical (unpaired) electrons. The van der Waals surface area contributed by atoms with Gasteiger partial charge in [0.25, 0.3) is 5.91 Å². The van der Waals surface area contributed by atoms with Crippen molar-refractivity contribution >= 4 is 23.5 Å². The average molecular weight is 579 g/mol. The Kier molecular flexibility index (Phi) is 8.23. The summed E-state index contributed by atoms with van der Waals surface area (Å²) in [5, 5.41) is 2.95. The molecule has 5 rings (SSSR count). The molecule has 1 saturated carbocycles. The van der Waals surface area contributed by atoms with Crippen LogP contribution in [0.3, 0.4) is 0 Å². The first kappa shape index (κ1) is 30.2. The van der Waals surface area contributed by atoms with Crippen molar-refractivity contribution in [2.75, 3.05) is 19.0 Å². The molecule has 0 saturated heterocycles. The van der Waals surface area contributed by atoms with Gasteiger partial charge in [0, 0.05) is 31.7 Å². The van der Waals surface area contributed by atoms with Gasteiger partial charge in [-0.2, -0.15) is 0 Å². The predicted molar refractivity (Wildman–Crippen MR) is 158 cm³/mol. The summed E-state index contributed by atoms with van der Waals surface area (Å²) in [7, 11) is 1.64. The molecule has 1 aliphatic heterocycles. The highest BCUT2D eigenvalue weighted by molar-refractivity contribution is 5.99. The van der Waals surface area contributed by atoms with Crippen LogP contribution in [0.15, 0.2) is 30.3 Å². The Bertz CT molecular complexity index is 1390. The second-order valence-corrected chi connectivity index (χ2v) is 13.8. The van der Waals surface area contributed by atoms with Gasteiger partial charge in [-0.3, -0.25) is 14.4 Å². The zero-order valence-electron chi connectivity index (χ0n) is 25.6. The van der Waals surface area contributed by atoms with E-state index in [0.29, 0.717) is 38.1 Å². The predicted octanol–water partition coefficient (Wildman–Crippen LogP) is 6.02. The third-order valence-corrected chi connectivity index (χ3v) is 8.87. The molecular weight excluding hydrogens is 535 g/mol. The largest absolute Gasteiger partial charge is 0.460 e. The summed E-state index contributed by atoms with van der Waals surface area (Å²) >= 11 is 0. The second-order valence-electron chi connectivity index (χ2n) is 13.8. The number of halogens is 1. The fourth-order valence-electron chi connectivity index (χ4n) is 6.89. The van der Waals surface area contributed by atoms with Crippen LogP contribution in [0, 0.1) is 17.7 Å². The third kappa shape index (κ3) is 6.24. The lowest BCUT2D eigenvalue weighted by molar-refractivity contribution is -0.159. The number of aryl methyl sites for hydroxylation is 1. The summed E-state index contributed by atoms with van der Waals surface area (Å²) < 4.78 is 26.0. The highest BCUT2D eigenvalue weighted by atomic mass is 19.1. The van der Waals surface area contributed by atoms with E-state index in [0.717, 1.165) is 40.7 Å². The maximum atomic E-state index is 15.2. The zero-order chi connectivity index (χ0) is 30.4. The number of esters is 1. The second kappa shape index (κ2) is 11.4. The fourth-order valence-corrected chi connectivity index (χ4v) is 6.89. The Hall–Kier alpha value is -3.26. The van der Waals surface area contributed by atoms with Gasteiger partial charge in [0.15, 0.2) is 0 Å². The van der Waals surface area contributed by atoms with Crippen molar-refractivity contribution < 1.29 is 28.2 Å². The molecule has 2 aromatic rings. The molecule has 1 atom stereocenters. The lowest BCUT2D eigenvalue weighted by atomic mass is 9.72. The summed E-state index contributed by atoms with van der Waals surface area (Å²) in [6.07, 6.45) is 3.71. The molecule has 1 N–H and O–H groups in total. The molecule has 1 fully saturated rings. The highest BCUT2D eigenvalue weighted by Gasteiger charge is 2.44. The Morgan fingerprint density at radius 3 is 2.50 bits per heavy atom. The maximum Gasteiger partial charge on any atom is 0.306 e. The molecule has 226 valence electrons. The van der Waals surface area contributed by atoms with Gasteiger partial charge in [0.1, 0.15) is 17.5 Å². The van der Waals surface area contributed by atoms with E-state index in [-0.39, 0.29) is 47.3 Å². The average Bonchev–Trinajstić information content (AvgIpc) is 3.18. The topological polar surface area (TPSA) is 84.9 Å². The van der Waals surface area contributed by atoms with Gasteiger partial charge in [-0.25, -0.2) is 4.39 Å². The molecule has 2 aliphatic carbocycles. The zero-order valence-corrected chi connectivity index (χ0v) is 25.6. The van der Waals surface area contributed by atoms with Gasteiger partial charge in [0.05, 0.1) is 6.61 Å². The molecule has 0 unspecified atom stereocenters. The van der Waals surface area contributed by atoms with E-state index >= 15 is 4.39 Å². The number of hydrogen-bond donors (Lipinski definition) is 1. The van der Waals surface area contributed by atoms with Crippen LogP contribution in [0.4, 0.5) is 10.1 Å². The first-order valence-electron chi connectivity index (χ1n) is 15.0. The number of amides is 2. The van der Waals surface area contributed by atoms with Crippen molar-refractivity contribution in [2.45, 2.75) is 96.8 Å². The number of carbonyl (C=O) groups is 3. The fraction of sp³-hybridized carbons (Fsp3) is 0.559. The molecule has 0 spiro atoms. The minimum atomic E-state index is -0.837. The van der Waals surface area contributed by atoms with E-state index in [1.807, 2.05) is 58.9 Å². The van der Waals surface area contributed by atoms with Crippen molar-refractivity contribution in [1.82, 2.24) is 4.90 Å². The normalized spacial score (nSPS) is 22.5. The van der Waals surface area contributed by atoms with E-state index in [4.69, 9.17) is 9.47 Å². The Morgan fingerprint density at radius 2 is 1.81 bits per heavy atom. The van der Waals surface area contributed by atoms with Crippen molar-refractivity contribution in [3.05, 3.63) is 64.0 Å². The number of ether oxygens (including phenoxy) is 2. The first-order valence-corrected chi connectivity index (χ1v) is 15.0. The lowest BCUT2D eigenvalue weighted by Crippen LogP contribution is -2.50. The highest BCUT2D eigenvalue weighted by Crippen LogP contribution is 2.43. The summed E-state index contributed by atoms with van der Waals surface area (Å²) in [6.45, 7) is 10.5. The molecule has 0 aromatic heterocycles. The van der Waals surface area contributed by atoms with Crippen LogP contribution in [0.1, 0.15) is 94.2 Å². The Balaban J connectivity index is 1.36. The molecule has 7 nitrogen and oxygen atoms in total. The van der Waals surface area contributed by atoms with E-state index in [9.17, 15) is 14.4 Å². The molecule has 2 amide bonds. The smallest absolute Gasteiger partial charge is 0.306 e. The number of methoxy groups -OCH3 is 1. The van der Waals surface area contributed by atoms with E-state index < -0.39 is 11.6 Å². The monoisotopic (exact) mass is 578 g/mol. The number of rotatable bonds is 7. The summed E-state index contributed by atoms with van der Waals surface area (Å²) in [5.74, 6) is -1.15. The summed E-state index contributed by atoms with van der Waals surface area (Å²) in [4.78, 5) is 41.7. The van der Waals surface area contributed by atoms with Gasteiger partial charge in [-0.05, 0) is 104 Å². The Labute approximate surface area is 248 Å². The number of fused-ring (bicyclic) bond motifs is 2. The van der Waals surface area contributed by atoms with Crippen LogP contribution in [-0.2, 0) is 48.7 Å². The number of nitrogens with zero attached hydrogens (tertiary/aromatic N) is 1. The minimum absolute atomic E-state index is 0.0795. The molecule has 1 heterocycles. The van der Waals surface area contributed by atoms with Crippen LogP contribution in [0.5, 0.6) is 0 Å². The van der Waals surface area contributed by atoms with Crippen molar-refractivity contribution in [3.63, 3.8) is 0 Å². The number of hydrogen-bond acceptors (Lipinski definition) is 5. The molecule has 2 aromatic carbocycles. The van der Waals surface area contributed by atoms with Gasteiger partial charge in [-0.15, -0.1) is 0 Å². The number of anilines is 1. The van der Waals surface area contributed by atoms with Crippen molar-refractivity contribution in [3.8, 4) is 0 Å². The Morgan fingerprint density at radius 1 is 1.07 bits per heavy atom. The van der Waals surface area contributed by atoms with E-state index in [2.05, 4.69) is 5.32 Å². The minimum Gasteiger partial charge on any atom is -0.460 e. The standard InChI is InChI=1S/C34H43FN2O5/c1-33(2,3)42-28(38)16-21-14-24(15-21)32(40)37-12-10-22-13-20(19-41-6)7-8-26(22)30(37)31(39)36-25-17-23-9-11-34(4,5)29(23)27(35)18-25/h7-8,13,17-18,21,24,30H,9-12,14-16,19H2,1-6H3,(H,36,39)/t21-,24+,30-/m1/s1.